The van der Waals surface area contributed by atoms with Crippen molar-refractivity contribution in [3.63, 3.8) is 0 Å². The van der Waals surface area contributed by atoms with Gasteiger partial charge in [0.05, 0.1) is 11.1 Å². The van der Waals surface area contributed by atoms with Crippen LogP contribution in [0.3, 0.4) is 0 Å². The first-order valence-electron chi connectivity index (χ1n) is 10.1. The number of aromatic nitrogens is 2. The summed E-state index contributed by atoms with van der Waals surface area (Å²) in [6, 6.07) is 14.1. The largest absolute Gasteiger partial charge is 0.326 e. The molecule has 2 N–H and O–H groups in total. The number of amides is 2. The molecule has 31 heavy (non-hydrogen) atoms. The Morgan fingerprint density at radius 3 is 2.52 bits per heavy atom. The summed E-state index contributed by atoms with van der Waals surface area (Å²) in [5, 5.41) is 12.1. The fraction of sp³-hybridized carbons (Fsp3) is 0.261. The zero-order valence-corrected chi connectivity index (χ0v) is 17.8. The highest BCUT2D eigenvalue weighted by atomic mass is 16.2. The first-order chi connectivity index (χ1) is 14.9. The second kappa shape index (κ2) is 9.80. The van der Waals surface area contributed by atoms with Crippen molar-refractivity contribution in [2.75, 3.05) is 5.32 Å². The Labute approximate surface area is 180 Å². The number of unbranched alkanes of at least 4 members (excludes halogenated alkanes) is 1. The molecular weight excluding hydrogens is 394 g/mol. The molecule has 0 aliphatic rings. The number of fused-ring (bicyclic) bond motifs is 1. The summed E-state index contributed by atoms with van der Waals surface area (Å²) in [4.78, 5) is 36.8. The maximum atomic E-state index is 12.9. The van der Waals surface area contributed by atoms with Crippen LogP contribution in [0.5, 0.6) is 0 Å². The molecule has 8 nitrogen and oxygen atoms in total. The molecule has 160 valence electrons. The number of nitrogens with zero attached hydrogens (tertiary/aromatic N) is 3. The predicted molar refractivity (Wildman–Crippen MR) is 121 cm³/mol. The van der Waals surface area contributed by atoms with Gasteiger partial charge >= 0.3 is 0 Å². The number of benzene rings is 2. The molecule has 0 unspecified atom stereocenters. The van der Waals surface area contributed by atoms with Crippen LogP contribution in [0.25, 0.3) is 10.8 Å². The second-order valence-corrected chi connectivity index (χ2v) is 7.18. The third-order valence-electron chi connectivity index (χ3n) is 4.73. The summed E-state index contributed by atoms with van der Waals surface area (Å²) in [5.74, 6) is -0.671. The first-order valence-corrected chi connectivity index (χ1v) is 10.1. The van der Waals surface area contributed by atoms with E-state index < -0.39 is 5.91 Å². The van der Waals surface area contributed by atoms with Crippen molar-refractivity contribution in [1.29, 1.82) is 0 Å². The normalized spacial score (nSPS) is 11.4. The molecule has 0 aliphatic carbocycles. The van der Waals surface area contributed by atoms with Crippen LogP contribution in [0.15, 0.2) is 58.4 Å². The highest BCUT2D eigenvalue weighted by molar-refractivity contribution is 6.06. The highest BCUT2D eigenvalue weighted by Gasteiger charge is 2.16. The van der Waals surface area contributed by atoms with Gasteiger partial charge in [0.1, 0.15) is 0 Å². The van der Waals surface area contributed by atoms with E-state index in [1.54, 1.807) is 49.4 Å². The topological polar surface area (TPSA) is 105 Å². The van der Waals surface area contributed by atoms with Gasteiger partial charge in [-0.05, 0) is 37.1 Å². The number of nitrogens with one attached hydrogen (secondary N) is 2. The summed E-state index contributed by atoms with van der Waals surface area (Å²) in [6.45, 7) is 5.66. The van der Waals surface area contributed by atoms with Gasteiger partial charge in [-0.25, -0.2) is 10.1 Å². The molecule has 0 radical (unpaired) electrons. The van der Waals surface area contributed by atoms with Crippen molar-refractivity contribution in [2.24, 2.45) is 5.10 Å². The zero-order valence-electron chi connectivity index (χ0n) is 17.8. The zero-order chi connectivity index (χ0) is 22.4. The van der Waals surface area contributed by atoms with Crippen molar-refractivity contribution < 1.29 is 9.59 Å². The Balaban J connectivity index is 1.90. The van der Waals surface area contributed by atoms with Gasteiger partial charge in [-0.15, -0.1) is 0 Å². The van der Waals surface area contributed by atoms with Gasteiger partial charge < -0.3 is 5.32 Å². The van der Waals surface area contributed by atoms with Gasteiger partial charge in [-0.2, -0.15) is 10.2 Å². The fourth-order valence-electron chi connectivity index (χ4n) is 3.14. The Morgan fingerprint density at radius 1 is 1.06 bits per heavy atom. The van der Waals surface area contributed by atoms with E-state index in [-0.39, 0.29) is 17.2 Å². The van der Waals surface area contributed by atoms with E-state index >= 15 is 0 Å². The molecule has 3 aromatic rings. The van der Waals surface area contributed by atoms with E-state index in [9.17, 15) is 14.4 Å². The Bertz CT molecular complexity index is 1210. The van der Waals surface area contributed by atoms with E-state index in [1.165, 1.54) is 11.6 Å². The van der Waals surface area contributed by atoms with Crippen LogP contribution < -0.4 is 16.3 Å². The number of carbonyl (C=O) groups is 2. The van der Waals surface area contributed by atoms with Gasteiger partial charge in [-0.3, -0.25) is 14.4 Å². The minimum absolute atomic E-state index is 0.148. The SMILES string of the molecule is CCCCn1nc(C(=O)N/N=C(\C)c2cccc(NC(C)=O)c2)c2ccccc2c1=O. The predicted octanol–water partition coefficient (Wildman–Crippen LogP) is 3.31. The lowest BCUT2D eigenvalue weighted by molar-refractivity contribution is -0.114. The Morgan fingerprint density at radius 2 is 1.81 bits per heavy atom. The van der Waals surface area contributed by atoms with Crippen molar-refractivity contribution in [2.45, 2.75) is 40.2 Å². The average Bonchev–Trinajstić information content (AvgIpc) is 2.76. The number of anilines is 1. The summed E-state index contributed by atoms with van der Waals surface area (Å²) in [7, 11) is 0. The van der Waals surface area contributed by atoms with E-state index in [0.717, 1.165) is 18.4 Å². The molecule has 1 heterocycles. The van der Waals surface area contributed by atoms with Crippen LogP contribution in [-0.4, -0.2) is 27.3 Å². The molecule has 0 spiro atoms. The molecule has 0 aliphatic heterocycles. The maximum absolute atomic E-state index is 12.9. The number of hydrogen-bond acceptors (Lipinski definition) is 5. The molecule has 0 saturated carbocycles. The quantitative estimate of drug-likeness (QED) is 0.453. The molecule has 0 fully saturated rings. The molecule has 2 amide bonds. The molecule has 3 rings (SSSR count). The van der Waals surface area contributed by atoms with Crippen LogP contribution in [0, 0.1) is 0 Å². The van der Waals surface area contributed by atoms with Gasteiger partial charge in [-0.1, -0.05) is 43.7 Å². The number of carbonyl (C=O) groups excluding carboxylic acids is 2. The Kier molecular flexibility index (Phi) is 6.92. The number of hydrazone groups is 1. The van der Waals surface area contributed by atoms with Gasteiger partial charge in [0.15, 0.2) is 5.69 Å². The second-order valence-electron chi connectivity index (χ2n) is 7.18. The van der Waals surface area contributed by atoms with E-state index in [2.05, 4.69) is 20.9 Å². The smallest absolute Gasteiger partial charge is 0.292 e. The van der Waals surface area contributed by atoms with Crippen molar-refractivity contribution in [1.82, 2.24) is 15.2 Å². The minimum Gasteiger partial charge on any atom is -0.326 e. The number of rotatable bonds is 7. The lowest BCUT2D eigenvalue weighted by atomic mass is 10.1. The molecule has 8 heteroatoms. The summed E-state index contributed by atoms with van der Waals surface area (Å²) in [5.41, 5.74) is 4.42. The molecule has 0 bridgehead atoms. The molecular formula is C23H25N5O3. The Hall–Kier alpha value is -3.81. The van der Waals surface area contributed by atoms with Crippen LogP contribution in [0.1, 0.15) is 49.7 Å². The highest BCUT2D eigenvalue weighted by Crippen LogP contribution is 2.14. The van der Waals surface area contributed by atoms with Crippen LogP contribution >= 0.6 is 0 Å². The maximum Gasteiger partial charge on any atom is 0.292 e. The first kappa shape index (κ1) is 21.9. The summed E-state index contributed by atoms with van der Waals surface area (Å²) in [6.07, 6.45) is 1.69. The summed E-state index contributed by atoms with van der Waals surface area (Å²) >= 11 is 0. The van der Waals surface area contributed by atoms with Crippen molar-refractivity contribution in [3.8, 4) is 0 Å². The van der Waals surface area contributed by atoms with Crippen molar-refractivity contribution >= 4 is 34.0 Å². The lowest BCUT2D eigenvalue weighted by Gasteiger charge is -2.10. The van der Waals surface area contributed by atoms with Gasteiger partial charge in [0.25, 0.3) is 11.5 Å². The van der Waals surface area contributed by atoms with Crippen LogP contribution in [0.4, 0.5) is 5.69 Å². The van der Waals surface area contributed by atoms with Gasteiger partial charge in [0.2, 0.25) is 5.91 Å². The van der Waals surface area contributed by atoms with E-state index in [1.807, 2.05) is 13.0 Å². The average molecular weight is 419 g/mol. The molecule has 1 aromatic heterocycles. The third kappa shape index (κ3) is 5.22. The van der Waals surface area contributed by atoms with Gasteiger partial charge in [0, 0.05) is 24.5 Å². The van der Waals surface area contributed by atoms with Crippen LogP contribution in [-0.2, 0) is 11.3 Å². The number of hydrogen-bond donors (Lipinski definition) is 2. The standard InChI is InChI=1S/C23H25N5O3/c1-4-5-13-28-23(31)20-12-7-6-11-19(20)21(27-28)22(30)26-25-15(2)17-9-8-10-18(14-17)24-16(3)29/h6-12,14H,4-5,13H2,1-3H3,(H,24,29)(H,26,30)/b25-15+. The summed E-state index contributed by atoms with van der Waals surface area (Å²) < 4.78 is 1.34. The molecule has 2 aromatic carbocycles. The van der Waals surface area contributed by atoms with E-state index in [4.69, 9.17) is 0 Å². The third-order valence-corrected chi connectivity index (χ3v) is 4.73. The minimum atomic E-state index is -0.501. The van der Waals surface area contributed by atoms with E-state index in [0.29, 0.717) is 28.7 Å². The lowest BCUT2D eigenvalue weighted by Crippen LogP contribution is -2.29. The van der Waals surface area contributed by atoms with Crippen LogP contribution in [0.2, 0.25) is 0 Å². The van der Waals surface area contributed by atoms with Crippen molar-refractivity contribution in [3.05, 3.63) is 70.1 Å². The molecule has 0 saturated heterocycles. The molecule has 0 atom stereocenters. The number of aryl methyl sites for hydroxylation is 1. The monoisotopic (exact) mass is 419 g/mol. The fourth-order valence-corrected chi connectivity index (χ4v) is 3.14.